The minimum absolute atomic E-state index is 0.0694. The molecule has 134 valence electrons. The first-order chi connectivity index (χ1) is 11.8. The van der Waals surface area contributed by atoms with Gasteiger partial charge in [0.1, 0.15) is 22.2 Å². The van der Waals surface area contributed by atoms with Crippen molar-refractivity contribution in [3.63, 3.8) is 0 Å². The molecule has 8 heteroatoms. The number of ether oxygens (including phenoxy) is 1. The van der Waals surface area contributed by atoms with E-state index in [0.717, 1.165) is 26.2 Å². The van der Waals surface area contributed by atoms with E-state index in [4.69, 9.17) is 9.88 Å². The average molecular weight is 365 g/mol. The summed E-state index contributed by atoms with van der Waals surface area (Å²) in [5.74, 6) is -0.149. The third-order valence-corrected chi connectivity index (χ3v) is 5.06. The highest BCUT2D eigenvalue weighted by Gasteiger charge is 2.18. The molecule has 1 aliphatic rings. The second kappa shape index (κ2) is 6.99. The summed E-state index contributed by atoms with van der Waals surface area (Å²) < 4.78 is 43.0. The number of benzene rings is 2. The molecule has 2 aromatic carbocycles. The monoisotopic (exact) mass is 365 g/mol. The zero-order chi connectivity index (χ0) is 18.0. The normalized spacial score (nSPS) is 16.0. The van der Waals surface area contributed by atoms with Gasteiger partial charge in [-0.1, -0.05) is 12.1 Å². The number of primary sulfonamides is 1. The molecule has 1 fully saturated rings. The predicted octanol–water partition coefficient (Wildman–Crippen LogP) is 2.02. The molecular weight excluding hydrogens is 345 g/mol. The summed E-state index contributed by atoms with van der Waals surface area (Å²) in [5.41, 5.74) is 0.705. The van der Waals surface area contributed by atoms with Crippen molar-refractivity contribution >= 4 is 15.7 Å². The molecule has 2 N–H and O–H groups in total. The van der Waals surface area contributed by atoms with Gasteiger partial charge in [-0.3, -0.25) is 0 Å². The number of anilines is 1. The van der Waals surface area contributed by atoms with E-state index in [2.05, 4.69) is 9.80 Å². The van der Waals surface area contributed by atoms with E-state index in [1.165, 1.54) is 24.3 Å². The van der Waals surface area contributed by atoms with Gasteiger partial charge in [0.15, 0.2) is 0 Å². The summed E-state index contributed by atoms with van der Waals surface area (Å²) in [5, 5.41) is 5.21. The van der Waals surface area contributed by atoms with Gasteiger partial charge in [0.25, 0.3) is 0 Å². The van der Waals surface area contributed by atoms with E-state index in [9.17, 15) is 12.8 Å². The third-order valence-electron chi connectivity index (χ3n) is 4.11. The van der Waals surface area contributed by atoms with Gasteiger partial charge in [-0.15, -0.1) is 0 Å². The molecule has 0 bridgehead atoms. The highest BCUT2D eigenvalue weighted by atomic mass is 32.2. The largest absolute Gasteiger partial charge is 0.456 e. The van der Waals surface area contributed by atoms with Gasteiger partial charge in [-0.05, 0) is 25.2 Å². The van der Waals surface area contributed by atoms with Crippen LogP contribution in [0.15, 0.2) is 47.4 Å². The number of likely N-dealkylation sites (N-methyl/N-ethyl adjacent to an activating group) is 1. The molecule has 25 heavy (non-hydrogen) atoms. The quantitative estimate of drug-likeness (QED) is 0.897. The molecule has 0 unspecified atom stereocenters. The minimum Gasteiger partial charge on any atom is -0.456 e. The number of rotatable bonds is 4. The first kappa shape index (κ1) is 17.7. The van der Waals surface area contributed by atoms with Gasteiger partial charge in [-0.25, -0.2) is 17.9 Å². The van der Waals surface area contributed by atoms with Crippen LogP contribution in [-0.2, 0) is 10.0 Å². The fraction of sp³-hybridized carbons (Fsp3) is 0.294. The van der Waals surface area contributed by atoms with Crippen molar-refractivity contribution in [3.8, 4) is 11.5 Å². The number of piperazine rings is 1. The van der Waals surface area contributed by atoms with Crippen molar-refractivity contribution < 1.29 is 17.5 Å². The number of halogens is 1. The number of para-hydroxylation sites is 1. The van der Waals surface area contributed by atoms with Crippen molar-refractivity contribution in [2.75, 3.05) is 38.1 Å². The van der Waals surface area contributed by atoms with Crippen LogP contribution in [0.25, 0.3) is 0 Å². The first-order valence-corrected chi connectivity index (χ1v) is 9.41. The van der Waals surface area contributed by atoms with Crippen LogP contribution in [0.5, 0.6) is 11.5 Å². The standard InChI is InChI=1S/C17H20FN3O3S/c1-20-6-8-21(9-7-20)14-10-13(18)11-15(12-14)24-16-4-2-3-5-17(16)25(19,22)23/h2-5,10-12H,6-9H2,1H3,(H2,19,22,23). The van der Waals surface area contributed by atoms with E-state index in [0.29, 0.717) is 5.69 Å². The molecule has 3 rings (SSSR count). The summed E-state index contributed by atoms with van der Waals surface area (Å²) in [7, 11) is -1.89. The Morgan fingerprint density at radius 3 is 2.44 bits per heavy atom. The van der Waals surface area contributed by atoms with Crippen LogP contribution in [0, 0.1) is 5.82 Å². The molecule has 0 aliphatic carbocycles. The van der Waals surface area contributed by atoms with Gasteiger partial charge >= 0.3 is 0 Å². The summed E-state index contributed by atoms with van der Waals surface area (Å²) >= 11 is 0. The van der Waals surface area contributed by atoms with E-state index in [-0.39, 0.29) is 16.4 Å². The highest BCUT2D eigenvalue weighted by Crippen LogP contribution is 2.31. The predicted molar refractivity (Wildman–Crippen MR) is 94.0 cm³/mol. The molecule has 0 radical (unpaired) electrons. The van der Waals surface area contributed by atoms with Crippen molar-refractivity contribution in [2.24, 2.45) is 5.14 Å². The van der Waals surface area contributed by atoms with Gasteiger partial charge in [0.05, 0.1) is 0 Å². The van der Waals surface area contributed by atoms with Crippen LogP contribution < -0.4 is 14.8 Å². The number of hydrogen-bond donors (Lipinski definition) is 1. The Morgan fingerprint density at radius 1 is 1.08 bits per heavy atom. The van der Waals surface area contributed by atoms with Crippen LogP contribution >= 0.6 is 0 Å². The summed E-state index contributed by atoms with van der Waals surface area (Å²) in [6.45, 7) is 3.35. The molecule has 1 aliphatic heterocycles. The Balaban J connectivity index is 1.89. The van der Waals surface area contributed by atoms with Crippen molar-refractivity contribution in [3.05, 3.63) is 48.3 Å². The third kappa shape index (κ3) is 4.28. The van der Waals surface area contributed by atoms with E-state index in [1.807, 2.05) is 7.05 Å². The fourth-order valence-corrected chi connectivity index (χ4v) is 3.41. The lowest BCUT2D eigenvalue weighted by atomic mass is 10.2. The average Bonchev–Trinajstić information content (AvgIpc) is 2.54. The topological polar surface area (TPSA) is 75.9 Å². The smallest absolute Gasteiger partial charge is 0.241 e. The highest BCUT2D eigenvalue weighted by molar-refractivity contribution is 7.89. The zero-order valence-electron chi connectivity index (χ0n) is 13.9. The molecule has 0 amide bonds. The summed E-state index contributed by atoms with van der Waals surface area (Å²) in [6, 6.07) is 10.4. The second-order valence-corrected chi connectivity index (χ2v) is 7.56. The summed E-state index contributed by atoms with van der Waals surface area (Å²) in [4.78, 5) is 4.14. The van der Waals surface area contributed by atoms with E-state index < -0.39 is 15.8 Å². The number of sulfonamides is 1. The maximum Gasteiger partial charge on any atom is 0.241 e. The Bertz CT molecular complexity index is 865. The minimum atomic E-state index is -3.94. The lowest BCUT2D eigenvalue weighted by Crippen LogP contribution is -2.44. The van der Waals surface area contributed by atoms with E-state index >= 15 is 0 Å². The molecule has 2 aromatic rings. The Morgan fingerprint density at radius 2 is 1.76 bits per heavy atom. The van der Waals surface area contributed by atoms with Crippen molar-refractivity contribution in [1.82, 2.24) is 4.90 Å². The van der Waals surface area contributed by atoms with Crippen LogP contribution in [0.1, 0.15) is 0 Å². The van der Waals surface area contributed by atoms with Crippen LogP contribution in [-0.4, -0.2) is 46.5 Å². The van der Waals surface area contributed by atoms with E-state index in [1.54, 1.807) is 18.2 Å². The first-order valence-electron chi connectivity index (χ1n) is 7.87. The maximum absolute atomic E-state index is 14.0. The van der Waals surface area contributed by atoms with Gasteiger partial charge in [0, 0.05) is 44.0 Å². The van der Waals surface area contributed by atoms with Gasteiger partial charge in [0.2, 0.25) is 10.0 Å². The van der Waals surface area contributed by atoms with Gasteiger partial charge in [-0.2, -0.15) is 0 Å². The maximum atomic E-state index is 14.0. The Kier molecular flexibility index (Phi) is 4.94. The molecule has 0 saturated carbocycles. The van der Waals surface area contributed by atoms with Crippen LogP contribution in [0.2, 0.25) is 0 Å². The number of hydrogen-bond acceptors (Lipinski definition) is 5. The van der Waals surface area contributed by atoms with Gasteiger partial charge < -0.3 is 14.5 Å². The number of nitrogens with two attached hydrogens (primary N) is 1. The lowest BCUT2D eigenvalue weighted by molar-refractivity contribution is 0.312. The molecule has 0 atom stereocenters. The fourth-order valence-electron chi connectivity index (χ4n) is 2.75. The lowest BCUT2D eigenvalue weighted by Gasteiger charge is -2.34. The van der Waals surface area contributed by atoms with Crippen LogP contribution in [0.3, 0.4) is 0 Å². The van der Waals surface area contributed by atoms with Crippen LogP contribution in [0.4, 0.5) is 10.1 Å². The molecular formula is C17H20FN3O3S. The number of nitrogens with zero attached hydrogens (tertiary/aromatic N) is 2. The van der Waals surface area contributed by atoms with Crippen molar-refractivity contribution in [1.29, 1.82) is 0 Å². The summed E-state index contributed by atoms with van der Waals surface area (Å²) in [6.07, 6.45) is 0. The molecule has 1 saturated heterocycles. The SMILES string of the molecule is CN1CCN(c2cc(F)cc(Oc3ccccc3S(N)(=O)=O)c2)CC1. The molecule has 0 aromatic heterocycles. The Labute approximate surface area is 146 Å². The molecule has 6 nitrogen and oxygen atoms in total. The van der Waals surface area contributed by atoms with Crippen molar-refractivity contribution in [2.45, 2.75) is 4.90 Å². The molecule has 1 heterocycles. The molecule has 0 spiro atoms. The second-order valence-electron chi connectivity index (χ2n) is 6.03. The Hall–Kier alpha value is -2.16. The zero-order valence-corrected chi connectivity index (χ0v) is 14.7.